The fourth-order valence-corrected chi connectivity index (χ4v) is 2.29. The fraction of sp³-hybridized carbons (Fsp3) is 0.400. The maximum atomic E-state index is 13.3. The number of sulfone groups is 1. The fourth-order valence-electron chi connectivity index (χ4n) is 1.13. The smallest absolute Gasteiger partial charge is 0.150 e. The summed E-state index contributed by atoms with van der Waals surface area (Å²) in [5, 5.41) is 0. The zero-order valence-electron chi connectivity index (χ0n) is 8.33. The van der Waals surface area contributed by atoms with Crippen molar-refractivity contribution in [3.63, 3.8) is 0 Å². The molecule has 0 amide bonds. The molecule has 5 heteroatoms. The number of hydrogen-bond donors (Lipinski definition) is 0. The van der Waals surface area contributed by atoms with Gasteiger partial charge in [-0.25, -0.2) is 12.8 Å². The summed E-state index contributed by atoms with van der Waals surface area (Å²) in [6.45, 7) is 1.59. The molecule has 0 heterocycles. The molecule has 0 aliphatic heterocycles. The highest BCUT2D eigenvalue weighted by Crippen LogP contribution is 2.16. The van der Waals surface area contributed by atoms with Gasteiger partial charge in [0, 0.05) is 10.2 Å². The van der Waals surface area contributed by atoms with Gasteiger partial charge in [-0.05, 0) is 24.1 Å². The lowest BCUT2D eigenvalue weighted by molar-refractivity contribution is 0.592. The van der Waals surface area contributed by atoms with Crippen LogP contribution in [0.1, 0.15) is 12.5 Å². The van der Waals surface area contributed by atoms with E-state index in [1.807, 2.05) is 0 Å². The Balaban J connectivity index is 2.74. The summed E-state index contributed by atoms with van der Waals surface area (Å²) in [7, 11) is -3.02. The molecule has 0 aliphatic carbocycles. The Kier molecular flexibility index (Phi) is 4.28. The molecule has 0 spiro atoms. The van der Waals surface area contributed by atoms with Crippen LogP contribution in [0.15, 0.2) is 22.7 Å². The lowest BCUT2D eigenvalue weighted by Gasteiger charge is -2.03. The molecule has 0 fully saturated rings. The molecule has 15 heavy (non-hydrogen) atoms. The Bertz CT molecular complexity index is 443. The third kappa shape index (κ3) is 3.91. The summed E-state index contributed by atoms with van der Waals surface area (Å²) in [5.41, 5.74) is 0.440. The van der Waals surface area contributed by atoms with E-state index in [2.05, 4.69) is 15.9 Å². The first kappa shape index (κ1) is 12.6. The van der Waals surface area contributed by atoms with Crippen molar-refractivity contribution in [3.05, 3.63) is 34.1 Å². The predicted molar refractivity (Wildman–Crippen MR) is 62.1 cm³/mol. The van der Waals surface area contributed by atoms with Crippen molar-refractivity contribution >= 4 is 25.8 Å². The van der Waals surface area contributed by atoms with Crippen molar-refractivity contribution in [1.29, 1.82) is 0 Å². The highest BCUT2D eigenvalue weighted by molar-refractivity contribution is 9.10. The molecule has 2 nitrogen and oxygen atoms in total. The van der Waals surface area contributed by atoms with Gasteiger partial charge < -0.3 is 0 Å². The van der Waals surface area contributed by atoms with Gasteiger partial charge in [-0.3, -0.25) is 0 Å². The number of halogens is 2. The molecule has 0 aromatic heterocycles. The summed E-state index contributed by atoms with van der Waals surface area (Å²) < 4.78 is 36.4. The number of benzene rings is 1. The van der Waals surface area contributed by atoms with Crippen molar-refractivity contribution < 1.29 is 12.8 Å². The van der Waals surface area contributed by atoms with E-state index in [0.29, 0.717) is 10.0 Å². The third-order valence-electron chi connectivity index (χ3n) is 2.14. The molecule has 0 N–H and O–H groups in total. The maximum Gasteiger partial charge on any atom is 0.150 e. The van der Waals surface area contributed by atoms with Crippen LogP contribution in [0.25, 0.3) is 0 Å². The zero-order chi connectivity index (χ0) is 11.5. The Morgan fingerprint density at radius 1 is 1.40 bits per heavy atom. The number of rotatable bonds is 4. The van der Waals surface area contributed by atoms with Gasteiger partial charge in [0.05, 0.1) is 5.75 Å². The van der Waals surface area contributed by atoms with E-state index in [9.17, 15) is 12.8 Å². The van der Waals surface area contributed by atoms with Crippen LogP contribution in [-0.4, -0.2) is 19.9 Å². The van der Waals surface area contributed by atoms with E-state index in [1.165, 1.54) is 6.07 Å². The van der Waals surface area contributed by atoms with Crippen molar-refractivity contribution in [3.8, 4) is 0 Å². The first-order valence-electron chi connectivity index (χ1n) is 4.59. The van der Waals surface area contributed by atoms with Crippen LogP contribution in [0.2, 0.25) is 0 Å². The molecule has 0 bridgehead atoms. The third-order valence-corrected chi connectivity index (χ3v) is 4.34. The van der Waals surface area contributed by atoms with Crippen LogP contribution in [0.4, 0.5) is 4.39 Å². The van der Waals surface area contributed by atoms with Crippen LogP contribution in [0.5, 0.6) is 0 Å². The van der Waals surface area contributed by atoms with Crippen molar-refractivity contribution in [2.24, 2.45) is 0 Å². The molecule has 0 radical (unpaired) electrons. The highest BCUT2D eigenvalue weighted by atomic mass is 79.9. The number of aryl methyl sites for hydroxylation is 1. The number of hydrogen-bond acceptors (Lipinski definition) is 2. The van der Waals surface area contributed by atoms with Crippen molar-refractivity contribution in [2.45, 2.75) is 13.3 Å². The zero-order valence-corrected chi connectivity index (χ0v) is 10.7. The van der Waals surface area contributed by atoms with E-state index in [1.54, 1.807) is 19.1 Å². The molecule has 1 aromatic carbocycles. The molecule has 0 saturated carbocycles. The molecule has 1 aromatic rings. The lowest BCUT2D eigenvalue weighted by atomic mass is 10.2. The first-order chi connectivity index (χ1) is 6.94. The summed E-state index contributed by atoms with van der Waals surface area (Å²) in [4.78, 5) is 0. The van der Waals surface area contributed by atoms with E-state index in [0.717, 1.165) is 0 Å². The Morgan fingerprint density at radius 3 is 2.60 bits per heavy atom. The quantitative estimate of drug-likeness (QED) is 0.855. The van der Waals surface area contributed by atoms with Crippen molar-refractivity contribution in [2.75, 3.05) is 11.5 Å². The van der Waals surface area contributed by atoms with Crippen LogP contribution >= 0.6 is 15.9 Å². The minimum absolute atomic E-state index is 0.00204. The largest absolute Gasteiger partial charge is 0.229 e. The van der Waals surface area contributed by atoms with E-state index in [4.69, 9.17) is 0 Å². The average molecular weight is 295 g/mol. The minimum Gasteiger partial charge on any atom is -0.229 e. The molecule has 0 atom stereocenters. The van der Waals surface area contributed by atoms with Gasteiger partial charge in [0.1, 0.15) is 15.7 Å². The van der Waals surface area contributed by atoms with Crippen LogP contribution in [-0.2, 0) is 16.3 Å². The molecule has 84 valence electrons. The topological polar surface area (TPSA) is 34.1 Å². The van der Waals surface area contributed by atoms with Gasteiger partial charge in [0.15, 0.2) is 0 Å². The second kappa shape index (κ2) is 5.07. The molecule has 0 saturated heterocycles. The average Bonchev–Trinajstić information content (AvgIpc) is 2.16. The van der Waals surface area contributed by atoms with Gasteiger partial charge in [0.2, 0.25) is 0 Å². The molecule has 0 unspecified atom stereocenters. The Labute approximate surface area is 97.5 Å². The highest BCUT2D eigenvalue weighted by Gasteiger charge is 2.10. The SMILES string of the molecule is CCS(=O)(=O)CCc1ccc(Br)cc1F. The first-order valence-corrected chi connectivity index (χ1v) is 7.20. The molecular weight excluding hydrogens is 283 g/mol. The molecule has 1 rings (SSSR count). The second-order valence-electron chi connectivity index (χ2n) is 3.22. The lowest BCUT2D eigenvalue weighted by Crippen LogP contribution is -2.11. The Morgan fingerprint density at radius 2 is 2.07 bits per heavy atom. The second-order valence-corrected chi connectivity index (χ2v) is 6.61. The summed E-state index contributed by atoms with van der Waals surface area (Å²) in [6.07, 6.45) is 0.231. The van der Waals surface area contributed by atoms with Gasteiger partial charge in [-0.15, -0.1) is 0 Å². The minimum atomic E-state index is -3.02. The summed E-state index contributed by atoms with van der Waals surface area (Å²) in [6, 6.07) is 4.65. The van der Waals surface area contributed by atoms with Crippen LogP contribution < -0.4 is 0 Å². The Hall–Kier alpha value is -0.420. The monoisotopic (exact) mass is 294 g/mol. The van der Waals surface area contributed by atoms with Crippen molar-refractivity contribution in [1.82, 2.24) is 0 Å². The summed E-state index contributed by atoms with van der Waals surface area (Å²) >= 11 is 3.14. The van der Waals surface area contributed by atoms with Gasteiger partial charge >= 0.3 is 0 Å². The normalized spacial score (nSPS) is 11.7. The standard InChI is InChI=1S/C10H12BrFO2S/c1-2-15(13,14)6-5-8-3-4-9(11)7-10(8)12/h3-4,7H,2,5-6H2,1H3. The van der Waals surface area contributed by atoms with E-state index in [-0.39, 0.29) is 23.7 Å². The van der Waals surface area contributed by atoms with Gasteiger partial charge in [-0.2, -0.15) is 0 Å². The predicted octanol–water partition coefficient (Wildman–Crippen LogP) is 2.57. The van der Waals surface area contributed by atoms with Gasteiger partial charge in [0.25, 0.3) is 0 Å². The van der Waals surface area contributed by atoms with Crippen LogP contribution in [0.3, 0.4) is 0 Å². The molecular formula is C10H12BrFO2S. The maximum absolute atomic E-state index is 13.3. The van der Waals surface area contributed by atoms with Crippen LogP contribution in [0, 0.1) is 5.82 Å². The van der Waals surface area contributed by atoms with Gasteiger partial charge in [-0.1, -0.05) is 28.9 Å². The molecule has 0 aliphatic rings. The van der Waals surface area contributed by atoms with E-state index < -0.39 is 9.84 Å². The summed E-state index contributed by atoms with van der Waals surface area (Å²) in [5.74, 6) is -0.261. The van der Waals surface area contributed by atoms with E-state index >= 15 is 0 Å².